The topological polar surface area (TPSA) is 101 Å². The smallest absolute Gasteiger partial charge is 0.243 e. The predicted molar refractivity (Wildman–Crippen MR) is 74.6 cm³/mol. The maximum absolute atomic E-state index is 12.4. The van der Waals surface area contributed by atoms with Gasteiger partial charge < -0.3 is 10.7 Å². The third-order valence-corrected chi connectivity index (χ3v) is 4.73. The van der Waals surface area contributed by atoms with Crippen LogP contribution in [0.1, 0.15) is 13.8 Å². The molecule has 0 spiro atoms. The van der Waals surface area contributed by atoms with Gasteiger partial charge in [0.15, 0.2) is 0 Å². The minimum Gasteiger partial charge on any atom is -0.345 e. The van der Waals surface area contributed by atoms with E-state index >= 15 is 0 Å². The van der Waals surface area contributed by atoms with Gasteiger partial charge in [0, 0.05) is 24.5 Å². The maximum Gasteiger partial charge on any atom is 0.243 e. The Labute approximate surface area is 116 Å². The van der Waals surface area contributed by atoms with Crippen LogP contribution in [0.4, 0.5) is 0 Å². The van der Waals surface area contributed by atoms with Gasteiger partial charge in [-0.3, -0.25) is 0 Å². The molecule has 0 aliphatic rings. The zero-order chi connectivity index (χ0) is 14.3. The fourth-order valence-electron chi connectivity index (χ4n) is 1.66. The number of hydrogen-bond donors (Lipinski definition) is 3. The number of halogens is 1. The number of hydrogen-bond acceptors (Lipinski definition) is 4. The van der Waals surface area contributed by atoms with Crippen molar-refractivity contribution in [3.05, 3.63) is 23.5 Å². The minimum absolute atomic E-state index is 0.0714. The molecule has 2 aromatic rings. The van der Waals surface area contributed by atoms with Crippen LogP contribution in [0.5, 0.6) is 0 Å². The number of H-pyrrole nitrogens is 1. The molecule has 2 aromatic heterocycles. The molecule has 0 bridgehead atoms. The summed E-state index contributed by atoms with van der Waals surface area (Å²) in [6.07, 6.45) is 2.88. The summed E-state index contributed by atoms with van der Waals surface area (Å²) in [5, 5.41) is 0.710. The van der Waals surface area contributed by atoms with Crippen molar-refractivity contribution in [1.29, 1.82) is 0 Å². The molecule has 0 radical (unpaired) electrons. The first-order chi connectivity index (χ1) is 8.77. The second kappa shape index (κ2) is 4.75. The second-order valence-electron chi connectivity index (χ2n) is 4.86. The highest BCUT2D eigenvalue weighted by Crippen LogP contribution is 2.28. The number of aromatic amines is 1. The van der Waals surface area contributed by atoms with E-state index in [0.717, 1.165) is 0 Å². The van der Waals surface area contributed by atoms with Crippen molar-refractivity contribution in [2.45, 2.75) is 24.3 Å². The van der Waals surface area contributed by atoms with Gasteiger partial charge in [-0.2, -0.15) is 0 Å². The summed E-state index contributed by atoms with van der Waals surface area (Å²) in [4.78, 5) is 6.90. The van der Waals surface area contributed by atoms with Gasteiger partial charge in [-0.1, -0.05) is 11.6 Å². The summed E-state index contributed by atoms with van der Waals surface area (Å²) in [6, 6.07) is 1.55. The van der Waals surface area contributed by atoms with Crippen LogP contribution >= 0.6 is 11.6 Å². The van der Waals surface area contributed by atoms with E-state index in [1.165, 1.54) is 12.4 Å². The molecule has 0 unspecified atom stereocenters. The molecule has 0 saturated heterocycles. The van der Waals surface area contributed by atoms with Crippen molar-refractivity contribution in [3.8, 4) is 0 Å². The standard InChI is InChI=1S/C11H15ClN4O2S/c1-11(2,6-13)16-19(17,18)8-5-15-10-9(8)7(12)3-4-14-10/h3-5,16H,6,13H2,1-2H3,(H,14,15). The molecule has 0 aromatic carbocycles. The Hall–Kier alpha value is -1.15. The minimum atomic E-state index is -3.72. The zero-order valence-corrected chi connectivity index (χ0v) is 12.1. The summed E-state index contributed by atoms with van der Waals surface area (Å²) in [5.41, 5.74) is 5.23. The lowest BCUT2D eigenvalue weighted by molar-refractivity contribution is 0.463. The fourth-order valence-corrected chi connectivity index (χ4v) is 3.57. The lowest BCUT2D eigenvalue weighted by atomic mass is 10.1. The van der Waals surface area contributed by atoms with Crippen LogP contribution in [0.3, 0.4) is 0 Å². The molecule has 0 aliphatic carbocycles. The van der Waals surface area contributed by atoms with Crippen molar-refractivity contribution >= 4 is 32.7 Å². The van der Waals surface area contributed by atoms with Gasteiger partial charge in [0.2, 0.25) is 10.0 Å². The Morgan fingerprint density at radius 2 is 2.21 bits per heavy atom. The summed E-state index contributed by atoms with van der Waals surface area (Å²) in [6.45, 7) is 3.60. The molecular weight excluding hydrogens is 288 g/mol. The number of sulfonamides is 1. The first-order valence-electron chi connectivity index (χ1n) is 5.62. The van der Waals surface area contributed by atoms with E-state index in [2.05, 4.69) is 14.7 Å². The Bertz CT molecular complexity index is 709. The maximum atomic E-state index is 12.4. The molecule has 2 rings (SSSR count). The molecular formula is C11H15ClN4O2S. The summed E-state index contributed by atoms with van der Waals surface area (Å²) >= 11 is 6.04. The molecule has 0 amide bonds. The number of fused-ring (bicyclic) bond motifs is 1. The number of rotatable bonds is 4. The van der Waals surface area contributed by atoms with E-state index in [-0.39, 0.29) is 11.4 Å². The Morgan fingerprint density at radius 1 is 1.53 bits per heavy atom. The van der Waals surface area contributed by atoms with E-state index in [1.807, 2.05) is 0 Å². The van der Waals surface area contributed by atoms with Crippen LogP contribution < -0.4 is 10.5 Å². The average molecular weight is 303 g/mol. The number of nitrogens with one attached hydrogen (secondary N) is 2. The van der Waals surface area contributed by atoms with E-state index in [1.54, 1.807) is 19.9 Å². The SMILES string of the molecule is CC(C)(CN)NS(=O)(=O)c1c[nH]c2nccc(Cl)c12. The van der Waals surface area contributed by atoms with Crippen molar-refractivity contribution in [1.82, 2.24) is 14.7 Å². The fraction of sp³-hybridized carbons (Fsp3) is 0.364. The molecule has 0 saturated carbocycles. The van der Waals surface area contributed by atoms with Gasteiger partial charge in [-0.25, -0.2) is 18.1 Å². The van der Waals surface area contributed by atoms with Gasteiger partial charge in [0.05, 0.1) is 10.4 Å². The number of nitrogens with two attached hydrogens (primary N) is 1. The van der Waals surface area contributed by atoms with Crippen LogP contribution in [-0.2, 0) is 10.0 Å². The van der Waals surface area contributed by atoms with Gasteiger partial charge in [0.25, 0.3) is 0 Å². The van der Waals surface area contributed by atoms with Gasteiger partial charge >= 0.3 is 0 Å². The van der Waals surface area contributed by atoms with Gasteiger partial charge in [-0.15, -0.1) is 0 Å². The molecule has 4 N–H and O–H groups in total. The van der Waals surface area contributed by atoms with Crippen molar-refractivity contribution in [2.24, 2.45) is 5.73 Å². The highest BCUT2D eigenvalue weighted by atomic mass is 35.5. The number of aromatic nitrogens is 2. The van der Waals surface area contributed by atoms with Gasteiger partial charge in [-0.05, 0) is 19.9 Å². The largest absolute Gasteiger partial charge is 0.345 e. The van der Waals surface area contributed by atoms with E-state index < -0.39 is 15.6 Å². The molecule has 19 heavy (non-hydrogen) atoms. The molecule has 104 valence electrons. The van der Waals surface area contributed by atoms with Crippen LogP contribution in [0.2, 0.25) is 5.02 Å². The first kappa shape index (κ1) is 14.3. The van der Waals surface area contributed by atoms with Crippen molar-refractivity contribution < 1.29 is 8.42 Å². The lowest BCUT2D eigenvalue weighted by Gasteiger charge is -2.23. The van der Waals surface area contributed by atoms with E-state index in [0.29, 0.717) is 16.1 Å². The van der Waals surface area contributed by atoms with Gasteiger partial charge in [0.1, 0.15) is 10.5 Å². The van der Waals surface area contributed by atoms with E-state index in [4.69, 9.17) is 17.3 Å². The monoisotopic (exact) mass is 302 g/mol. The number of pyridine rings is 1. The lowest BCUT2D eigenvalue weighted by Crippen LogP contribution is -2.48. The zero-order valence-electron chi connectivity index (χ0n) is 10.6. The molecule has 2 heterocycles. The van der Waals surface area contributed by atoms with Crippen LogP contribution in [0.15, 0.2) is 23.4 Å². The summed E-state index contributed by atoms with van der Waals surface area (Å²) in [5.74, 6) is 0. The van der Waals surface area contributed by atoms with Crippen LogP contribution in [0, 0.1) is 0 Å². The average Bonchev–Trinajstić information content (AvgIpc) is 2.74. The molecule has 6 nitrogen and oxygen atoms in total. The highest BCUT2D eigenvalue weighted by molar-refractivity contribution is 7.89. The summed E-state index contributed by atoms with van der Waals surface area (Å²) in [7, 11) is -3.72. The Morgan fingerprint density at radius 3 is 2.84 bits per heavy atom. The van der Waals surface area contributed by atoms with Crippen LogP contribution in [0.25, 0.3) is 11.0 Å². The normalized spacial score (nSPS) is 13.1. The molecule has 0 aliphatic heterocycles. The summed E-state index contributed by atoms with van der Waals surface area (Å²) < 4.78 is 27.3. The second-order valence-corrected chi connectivity index (χ2v) is 6.92. The molecule has 0 fully saturated rings. The Balaban J connectivity index is 2.56. The highest BCUT2D eigenvalue weighted by Gasteiger charge is 2.28. The predicted octanol–water partition coefficient (Wildman–Crippen LogP) is 1.23. The Kier molecular flexibility index (Phi) is 3.57. The van der Waals surface area contributed by atoms with E-state index in [9.17, 15) is 8.42 Å². The molecule has 8 heteroatoms. The van der Waals surface area contributed by atoms with Crippen molar-refractivity contribution in [3.63, 3.8) is 0 Å². The third kappa shape index (κ3) is 2.74. The van der Waals surface area contributed by atoms with Crippen LogP contribution in [-0.4, -0.2) is 30.5 Å². The third-order valence-electron chi connectivity index (χ3n) is 2.70. The van der Waals surface area contributed by atoms with Crippen molar-refractivity contribution in [2.75, 3.05) is 6.54 Å². The first-order valence-corrected chi connectivity index (χ1v) is 7.48. The molecule has 0 atom stereocenters. The number of nitrogens with zero attached hydrogens (tertiary/aromatic N) is 1. The quantitative estimate of drug-likeness (QED) is 0.790.